The van der Waals surface area contributed by atoms with Crippen molar-refractivity contribution in [1.29, 1.82) is 0 Å². The maximum absolute atomic E-state index is 11.0. The molecule has 3 N–H and O–H groups in total. The minimum Gasteiger partial charge on any atom is -0.461 e. The molecule has 1 amide bonds. The molecule has 0 saturated heterocycles. The number of carbonyl (C=O) groups is 1. The largest absolute Gasteiger partial charge is 0.461 e. The fraction of sp³-hybridized carbons (Fsp3) is 0.308. The van der Waals surface area contributed by atoms with E-state index < -0.39 is 12.2 Å². The predicted molar refractivity (Wildman–Crippen MR) is 69.2 cm³/mol. The molecular weight excluding hydrogens is 232 g/mol. The summed E-state index contributed by atoms with van der Waals surface area (Å²) in [5.41, 5.74) is 7.64. The molecule has 0 spiro atoms. The van der Waals surface area contributed by atoms with Gasteiger partial charge in [0.15, 0.2) is 0 Å². The van der Waals surface area contributed by atoms with E-state index >= 15 is 0 Å². The lowest BCUT2D eigenvalue weighted by Crippen LogP contribution is -2.21. The van der Waals surface area contributed by atoms with Crippen LogP contribution in [0.15, 0.2) is 24.3 Å². The van der Waals surface area contributed by atoms with Crippen LogP contribution in [0.1, 0.15) is 12.0 Å². The zero-order valence-electron chi connectivity index (χ0n) is 10.4. The molecule has 1 aliphatic heterocycles. The molecule has 0 radical (unpaired) electrons. The first-order valence-corrected chi connectivity index (χ1v) is 5.63. The van der Waals surface area contributed by atoms with Crippen molar-refractivity contribution >= 4 is 17.2 Å². The van der Waals surface area contributed by atoms with Gasteiger partial charge in [0.25, 0.3) is 0 Å². The van der Waals surface area contributed by atoms with E-state index in [2.05, 4.69) is 0 Å². The van der Waals surface area contributed by atoms with Gasteiger partial charge in [0.1, 0.15) is 5.75 Å². The Morgan fingerprint density at radius 3 is 2.83 bits per heavy atom. The van der Waals surface area contributed by atoms with Gasteiger partial charge in [0.05, 0.1) is 6.42 Å². The lowest BCUT2D eigenvalue weighted by atomic mass is 9.98. The normalized spacial score (nSPS) is 17.5. The number of hydrogen-bond acceptors (Lipinski definition) is 4. The Balaban J connectivity index is 2.41. The minimum absolute atomic E-state index is 0.0920. The van der Waals surface area contributed by atoms with Gasteiger partial charge in [-0.05, 0) is 23.8 Å². The molecule has 96 valence electrons. The Morgan fingerprint density at radius 1 is 1.50 bits per heavy atom. The number of hydrogen-bond donors (Lipinski definition) is 2. The van der Waals surface area contributed by atoms with E-state index in [0.29, 0.717) is 11.3 Å². The van der Waals surface area contributed by atoms with Gasteiger partial charge in [-0.15, -0.1) is 0 Å². The molecule has 1 heterocycles. The third-order valence-corrected chi connectivity index (χ3v) is 2.78. The average Bonchev–Trinajstić information content (AvgIpc) is 2.26. The van der Waals surface area contributed by atoms with Gasteiger partial charge < -0.3 is 20.5 Å². The summed E-state index contributed by atoms with van der Waals surface area (Å²) in [5.74, 6) is 0.130. The van der Waals surface area contributed by atoms with E-state index in [1.807, 2.05) is 37.2 Å². The smallest absolute Gasteiger partial charge is 0.221 e. The quantitative estimate of drug-likeness (QED) is 0.826. The first-order chi connectivity index (χ1) is 8.47. The second kappa shape index (κ2) is 4.70. The van der Waals surface area contributed by atoms with Crippen molar-refractivity contribution in [2.24, 2.45) is 5.73 Å². The van der Waals surface area contributed by atoms with Crippen LogP contribution in [0, 0.1) is 0 Å². The lowest BCUT2D eigenvalue weighted by Gasteiger charge is -2.24. The van der Waals surface area contributed by atoms with Crippen molar-refractivity contribution in [3.8, 4) is 5.75 Å². The highest BCUT2D eigenvalue weighted by Gasteiger charge is 2.20. The molecule has 1 aliphatic rings. The molecule has 5 nitrogen and oxygen atoms in total. The number of aliphatic hydroxyl groups excluding tert-OH is 1. The number of amides is 1. The van der Waals surface area contributed by atoms with Crippen LogP contribution in [0.5, 0.6) is 5.75 Å². The molecule has 2 rings (SSSR count). The fourth-order valence-electron chi connectivity index (χ4n) is 1.92. The first kappa shape index (κ1) is 12.4. The van der Waals surface area contributed by atoms with E-state index in [-0.39, 0.29) is 6.42 Å². The molecule has 1 aromatic rings. The Kier molecular flexibility index (Phi) is 3.25. The highest BCUT2D eigenvalue weighted by Crippen LogP contribution is 2.35. The van der Waals surface area contributed by atoms with Crippen LogP contribution in [0.2, 0.25) is 0 Å². The molecular formula is C13H16N2O3. The van der Waals surface area contributed by atoms with Gasteiger partial charge in [-0.1, -0.05) is 0 Å². The SMILES string of the molecule is CN(C)c1ccc2c(c1)OC(O)C=C2CC(N)=O. The van der Waals surface area contributed by atoms with E-state index in [4.69, 9.17) is 10.5 Å². The number of ether oxygens (including phenoxy) is 1. The maximum Gasteiger partial charge on any atom is 0.221 e. The van der Waals surface area contributed by atoms with Crippen LogP contribution in [0.25, 0.3) is 5.57 Å². The summed E-state index contributed by atoms with van der Waals surface area (Å²) in [6.45, 7) is 0. The second-order valence-corrected chi connectivity index (χ2v) is 4.42. The molecule has 18 heavy (non-hydrogen) atoms. The van der Waals surface area contributed by atoms with E-state index in [1.165, 1.54) is 6.08 Å². The van der Waals surface area contributed by atoms with Crippen LogP contribution in [0.3, 0.4) is 0 Å². The molecule has 1 atom stereocenters. The number of primary amides is 1. The fourth-order valence-corrected chi connectivity index (χ4v) is 1.92. The van der Waals surface area contributed by atoms with Crippen LogP contribution in [0.4, 0.5) is 5.69 Å². The van der Waals surface area contributed by atoms with E-state index in [0.717, 1.165) is 11.3 Å². The van der Waals surface area contributed by atoms with Gasteiger partial charge in [-0.2, -0.15) is 0 Å². The number of nitrogens with zero attached hydrogens (tertiary/aromatic N) is 1. The lowest BCUT2D eigenvalue weighted by molar-refractivity contribution is -0.117. The van der Waals surface area contributed by atoms with E-state index in [9.17, 15) is 9.90 Å². The predicted octanol–water partition coefficient (Wildman–Crippen LogP) is 0.722. The number of carbonyl (C=O) groups excluding carboxylic acids is 1. The second-order valence-electron chi connectivity index (χ2n) is 4.42. The molecule has 1 unspecified atom stereocenters. The summed E-state index contributed by atoms with van der Waals surface area (Å²) in [7, 11) is 3.84. The average molecular weight is 248 g/mol. The Hall–Kier alpha value is -2.01. The zero-order chi connectivity index (χ0) is 13.3. The third kappa shape index (κ3) is 2.46. The highest BCUT2D eigenvalue weighted by atomic mass is 16.6. The van der Waals surface area contributed by atoms with Gasteiger partial charge in [-0.3, -0.25) is 4.79 Å². The van der Waals surface area contributed by atoms with Crippen molar-refractivity contribution in [3.05, 3.63) is 29.8 Å². The van der Waals surface area contributed by atoms with Crippen molar-refractivity contribution in [3.63, 3.8) is 0 Å². The topological polar surface area (TPSA) is 75.8 Å². The summed E-state index contributed by atoms with van der Waals surface area (Å²) in [6, 6.07) is 5.62. The van der Waals surface area contributed by atoms with Crippen LogP contribution >= 0.6 is 0 Å². The van der Waals surface area contributed by atoms with Crippen molar-refractivity contribution in [2.75, 3.05) is 19.0 Å². The van der Waals surface area contributed by atoms with Crippen molar-refractivity contribution in [1.82, 2.24) is 0 Å². The number of anilines is 1. The minimum atomic E-state index is -1.04. The van der Waals surface area contributed by atoms with Crippen molar-refractivity contribution < 1.29 is 14.6 Å². The molecule has 0 bridgehead atoms. The molecule has 0 aliphatic carbocycles. The van der Waals surface area contributed by atoms with Gasteiger partial charge >= 0.3 is 0 Å². The van der Waals surface area contributed by atoms with Gasteiger partial charge in [0.2, 0.25) is 12.2 Å². The molecule has 0 fully saturated rings. The molecule has 1 aromatic carbocycles. The van der Waals surface area contributed by atoms with Gasteiger partial charge in [0, 0.05) is 31.4 Å². The zero-order valence-corrected chi connectivity index (χ0v) is 10.4. The van der Waals surface area contributed by atoms with Crippen molar-refractivity contribution in [2.45, 2.75) is 12.7 Å². The summed E-state index contributed by atoms with van der Waals surface area (Å²) in [4.78, 5) is 12.9. The summed E-state index contributed by atoms with van der Waals surface area (Å²) in [5, 5.41) is 9.60. The van der Waals surface area contributed by atoms with Crippen LogP contribution in [-0.2, 0) is 4.79 Å². The Labute approximate surface area is 105 Å². The first-order valence-electron chi connectivity index (χ1n) is 5.63. The molecule has 5 heteroatoms. The van der Waals surface area contributed by atoms with E-state index in [1.54, 1.807) is 0 Å². The Bertz CT molecular complexity index is 509. The summed E-state index contributed by atoms with van der Waals surface area (Å²) < 4.78 is 5.33. The monoisotopic (exact) mass is 248 g/mol. The number of fused-ring (bicyclic) bond motifs is 1. The number of rotatable bonds is 3. The Morgan fingerprint density at radius 2 is 2.22 bits per heavy atom. The van der Waals surface area contributed by atoms with Gasteiger partial charge in [-0.25, -0.2) is 0 Å². The number of benzene rings is 1. The molecule has 0 aromatic heterocycles. The highest BCUT2D eigenvalue weighted by molar-refractivity contribution is 5.89. The molecule has 0 saturated carbocycles. The summed E-state index contributed by atoms with van der Waals surface area (Å²) >= 11 is 0. The number of aliphatic hydroxyl groups is 1. The van der Waals surface area contributed by atoms with Crippen LogP contribution in [-0.4, -0.2) is 31.4 Å². The maximum atomic E-state index is 11.0. The van der Waals surface area contributed by atoms with Crippen LogP contribution < -0.4 is 15.4 Å². The third-order valence-electron chi connectivity index (χ3n) is 2.78. The number of nitrogens with two attached hydrogens (primary N) is 1. The summed E-state index contributed by atoms with van der Waals surface area (Å²) in [6.07, 6.45) is 0.557. The standard InChI is InChI=1S/C13H16N2O3/c1-15(2)9-3-4-10-8(5-12(14)16)6-13(17)18-11(10)7-9/h3-4,6-7,13,17H,5H2,1-2H3,(H2,14,16).